The van der Waals surface area contributed by atoms with Crippen LogP contribution in [0.5, 0.6) is 0 Å². The SMILES string of the molecule is OB(O)c1ccc(CNc2nc(-c3ccccc3)nc3cn[nH]c23)cc1. The van der Waals surface area contributed by atoms with Crippen molar-refractivity contribution in [2.24, 2.45) is 0 Å². The number of hydrogen-bond donors (Lipinski definition) is 4. The van der Waals surface area contributed by atoms with Crippen LogP contribution in [0.25, 0.3) is 22.4 Å². The van der Waals surface area contributed by atoms with Crippen LogP contribution in [0.4, 0.5) is 5.82 Å². The van der Waals surface area contributed by atoms with Crippen molar-refractivity contribution in [2.45, 2.75) is 6.54 Å². The van der Waals surface area contributed by atoms with Gasteiger partial charge in [-0.05, 0) is 11.0 Å². The number of H-pyrrole nitrogens is 1. The lowest BCUT2D eigenvalue weighted by molar-refractivity contribution is 0.426. The average molecular weight is 345 g/mol. The molecular weight excluding hydrogens is 329 g/mol. The molecule has 0 bridgehead atoms. The Labute approximate surface area is 149 Å². The standard InChI is InChI=1S/C18H16BN5O2/c25-19(26)14-8-6-12(7-9-14)10-20-18-16-15(11-21-24-16)22-17(23-18)13-4-2-1-3-5-13/h1-9,11,25-26H,10H2,(H,21,24)(H,20,22,23). The molecule has 0 aliphatic heterocycles. The molecule has 8 heteroatoms. The molecule has 4 rings (SSSR count). The van der Waals surface area contributed by atoms with Crippen molar-refractivity contribution in [1.29, 1.82) is 0 Å². The van der Waals surface area contributed by atoms with Crippen molar-refractivity contribution in [1.82, 2.24) is 20.2 Å². The largest absolute Gasteiger partial charge is 0.488 e. The Morgan fingerprint density at radius 3 is 2.46 bits per heavy atom. The lowest BCUT2D eigenvalue weighted by Gasteiger charge is -2.09. The van der Waals surface area contributed by atoms with E-state index in [4.69, 9.17) is 10.0 Å². The topological polar surface area (TPSA) is 107 Å². The van der Waals surface area contributed by atoms with E-state index >= 15 is 0 Å². The van der Waals surface area contributed by atoms with Gasteiger partial charge in [-0.2, -0.15) is 5.10 Å². The van der Waals surface area contributed by atoms with Crippen molar-refractivity contribution in [3.8, 4) is 11.4 Å². The molecule has 0 aliphatic carbocycles. The fraction of sp³-hybridized carbons (Fsp3) is 0.0556. The first kappa shape index (κ1) is 16.3. The lowest BCUT2D eigenvalue weighted by Crippen LogP contribution is -2.29. The van der Waals surface area contributed by atoms with Crippen molar-refractivity contribution in [3.05, 3.63) is 66.4 Å². The van der Waals surface area contributed by atoms with Crippen molar-refractivity contribution in [2.75, 3.05) is 5.32 Å². The molecule has 0 spiro atoms. The quantitative estimate of drug-likeness (QED) is 0.407. The van der Waals surface area contributed by atoms with E-state index in [0.717, 1.165) is 22.2 Å². The monoisotopic (exact) mass is 345 g/mol. The molecule has 0 unspecified atom stereocenters. The number of aromatic nitrogens is 4. The number of aromatic amines is 1. The minimum absolute atomic E-state index is 0.457. The highest BCUT2D eigenvalue weighted by molar-refractivity contribution is 6.58. The summed E-state index contributed by atoms with van der Waals surface area (Å²) >= 11 is 0. The van der Waals surface area contributed by atoms with Crippen LogP contribution in [0, 0.1) is 0 Å². The lowest BCUT2D eigenvalue weighted by atomic mass is 9.80. The van der Waals surface area contributed by atoms with Gasteiger partial charge in [-0.1, -0.05) is 54.6 Å². The summed E-state index contributed by atoms with van der Waals surface area (Å²) in [5.74, 6) is 1.29. The van der Waals surface area contributed by atoms with E-state index in [0.29, 0.717) is 23.6 Å². The van der Waals surface area contributed by atoms with Gasteiger partial charge in [-0.3, -0.25) is 5.10 Å². The van der Waals surface area contributed by atoms with Crippen LogP contribution < -0.4 is 10.8 Å². The van der Waals surface area contributed by atoms with Gasteiger partial charge >= 0.3 is 7.12 Å². The molecule has 0 fully saturated rings. The molecule has 2 aromatic heterocycles. The van der Waals surface area contributed by atoms with Gasteiger partial charge in [0.2, 0.25) is 0 Å². The first-order valence-electron chi connectivity index (χ1n) is 8.16. The maximum atomic E-state index is 9.17. The molecule has 128 valence electrons. The number of hydrogen-bond acceptors (Lipinski definition) is 6. The second kappa shape index (κ2) is 6.95. The van der Waals surface area contributed by atoms with Crippen LogP contribution in [-0.4, -0.2) is 37.3 Å². The summed E-state index contributed by atoms with van der Waals surface area (Å²) in [6.45, 7) is 0.529. The molecule has 4 N–H and O–H groups in total. The number of benzene rings is 2. The van der Waals surface area contributed by atoms with Crippen molar-refractivity contribution in [3.63, 3.8) is 0 Å². The summed E-state index contributed by atoms with van der Waals surface area (Å²) in [5, 5.41) is 28.6. The van der Waals surface area contributed by atoms with Gasteiger partial charge in [0.25, 0.3) is 0 Å². The molecule has 4 aromatic rings. The minimum atomic E-state index is -1.46. The Morgan fingerprint density at radius 2 is 1.73 bits per heavy atom. The fourth-order valence-electron chi connectivity index (χ4n) is 2.68. The van der Waals surface area contributed by atoms with E-state index in [1.807, 2.05) is 42.5 Å². The predicted octanol–water partition coefficient (Wildman–Crippen LogP) is 1.31. The summed E-state index contributed by atoms with van der Waals surface area (Å²) in [6, 6.07) is 16.8. The number of fused-ring (bicyclic) bond motifs is 1. The van der Waals surface area contributed by atoms with Crippen molar-refractivity contribution >= 4 is 29.4 Å². The molecule has 2 aromatic carbocycles. The molecule has 0 saturated carbocycles. The third-order valence-corrected chi connectivity index (χ3v) is 4.07. The Balaban J connectivity index is 1.62. The summed E-state index contributed by atoms with van der Waals surface area (Å²) in [5.41, 5.74) is 3.85. The van der Waals surface area contributed by atoms with Crippen LogP contribution >= 0.6 is 0 Å². The van der Waals surface area contributed by atoms with Crippen LogP contribution in [-0.2, 0) is 6.54 Å². The predicted molar refractivity (Wildman–Crippen MR) is 101 cm³/mol. The highest BCUT2D eigenvalue weighted by Crippen LogP contribution is 2.23. The molecule has 2 heterocycles. The molecule has 0 amide bonds. The summed E-state index contributed by atoms with van der Waals surface area (Å²) in [7, 11) is -1.46. The zero-order valence-electron chi connectivity index (χ0n) is 13.8. The first-order chi connectivity index (χ1) is 12.7. The van der Waals surface area contributed by atoms with Gasteiger partial charge in [0, 0.05) is 12.1 Å². The molecule has 0 radical (unpaired) electrons. The fourth-order valence-corrected chi connectivity index (χ4v) is 2.68. The van der Waals surface area contributed by atoms with Gasteiger partial charge in [-0.15, -0.1) is 0 Å². The molecular formula is C18H16BN5O2. The highest BCUT2D eigenvalue weighted by Gasteiger charge is 2.12. The number of anilines is 1. The van der Waals surface area contributed by atoms with E-state index in [2.05, 4.69) is 25.5 Å². The Kier molecular flexibility index (Phi) is 4.34. The molecule has 0 saturated heterocycles. The Bertz CT molecular complexity index is 1020. The normalized spacial score (nSPS) is 10.8. The summed E-state index contributed by atoms with van der Waals surface area (Å²) < 4.78 is 0. The average Bonchev–Trinajstić information content (AvgIpc) is 3.16. The first-order valence-corrected chi connectivity index (χ1v) is 8.16. The maximum absolute atomic E-state index is 9.17. The van der Waals surface area contributed by atoms with Crippen LogP contribution in [0.1, 0.15) is 5.56 Å². The third kappa shape index (κ3) is 3.28. The van der Waals surface area contributed by atoms with E-state index in [-0.39, 0.29) is 0 Å². The molecule has 26 heavy (non-hydrogen) atoms. The van der Waals surface area contributed by atoms with Crippen molar-refractivity contribution < 1.29 is 10.0 Å². The van der Waals surface area contributed by atoms with Crippen LogP contribution in [0.2, 0.25) is 0 Å². The Hall–Kier alpha value is -3.23. The zero-order chi connectivity index (χ0) is 17.9. The Morgan fingerprint density at radius 1 is 0.962 bits per heavy atom. The van der Waals surface area contributed by atoms with Gasteiger partial charge in [-0.25, -0.2) is 9.97 Å². The van der Waals surface area contributed by atoms with E-state index in [9.17, 15) is 0 Å². The zero-order valence-corrected chi connectivity index (χ0v) is 13.8. The summed E-state index contributed by atoms with van der Waals surface area (Å²) in [6.07, 6.45) is 1.67. The van der Waals surface area contributed by atoms with Crippen LogP contribution in [0.3, 0.4) is 0 Å². The van der Waals surface area contributed by atoms with Gasteiger partial charge < -0.3 is 15.4 Å². The second-order valence-electron chi connectivity index (χ2n) is 5.86. The third-order valence-electron chi connectivity index (χ3n) is 4.07. The van der Waals surface area contributed by atoms with Gasteiger partial charge in [0.15, 0.2) is 11.6 Å². The number of rotatable bonds is 5. The molecule has 7 nitrogen and oxygen atoms in total. The van der Waals surface area contributed by atoms with E-state index < -0.39 is 7.12 Å². The molecule has 0 aliphatic rings. The van der Waals surface area contributed by atoms with E-state index in [1.165, 1.54) is 0 Å². The van der Waals surface area contributed by atoms with E-state index in [1.54, 1.807) is 18.3 Å². The highest BCUT2D eigenvalue weighted by atomic mass is 16.4. The smallest absolute Gasteiger partial charge is 0.423 e. The number of nitrogens with zero attached hydrogens (tertiary/aromatic N) is 3. The number of nitrogens with one attached hydrogen (secondary N) is 2. The van der Waals surface area contributed by atoms with Gasteiger partial charge in [0.05, 0.1) is 6.20 Å². The van der Waals surface area contributed by atoms with Gasteiger partial charge in [0.1, 0.15) is 11.0 Å². The molecule has 0 atom stereocenters. The maximum Gasteiger partial charge on any atom is 0.488 e. The van der Waals surface area contributed by atoms with Crippen LogP contribution in [0.15, 0.2) is 60.8 Å². The minimum Gasteiger partial charge on any atom is -0.423 e. The summed E-state index contributed by atoms with van der Waals surface area (Å²) in [4.78, 5) is 9.18. The second-order valence-corrected chi connectivity index (χ2v) is 5.86.